The van der Waals surface area contributed by atoms with Gasteiger partial charge in [0.2, 0.25) is 5.78 Å². The highest BCUT2D eigenvalue weighted by Gasteiger charge is 2.17. The number of hydrogen-bond acceptors (Lipinski definition) is 4. The molecule has 1 N–H and O–H groups in total. The van der Waals surface area contributed by atoms with Crippen LogP contribution in [0, 0.1) is 0 Å². The van der Waals surface area contributed by atoms with Gasteiger partial charge < -0.3 is 5.32 Å². The van der Waals surface area contributed by atoms with Gasteiger partial charge in [-0.3, -0.25) is 4.79 Å². The molecule has 1 aliphatic rings. The largest absolute Gasteiger partial charge is 0.309 e. The Balaban J connectivity index is 2.00. The Labute approximate surface area is 98.4 Å². The zero-order valence-corrected chi connectivity index (χ0v) is 9.47. The highest BCUT2D eigenvalue weighted by atomic mass is 16.1. The third-order valence-corrected chi connectivity index (χ3v) is 3.05. The summed E-state index contributed by atoms with van der Waals surface area (Å²) in [4.78, 5) is 12.2. The number of benzene rings is 1. The zero-order chi connectivity index (χ0) is 11.8. The molecule has 3 rings (SSSR count). The molecular formula is C12H12N4O. The fourth-order valence-electron chi connectivity index (χ4n) is 2.08. The van der Waals surface area contributed by atoms with Crippen LogP contribution in [0.5, 0.6) is 0 Å². The van der Waals surface area contributed by atoms with Gasteiger partial charge in [-0.25, -0.2) is 4.68 Å². The lowest BCUT2D eigenvalue weighted by atomic mass is 10.0. The van der Waals surface area contributed by atoms with Gasteiger partial charge in [-0.05, 0) is 17.2 Å². The second-order valence-electron chi connectivity index (χ2n) is 4.16. The van der Waals surface area contributed by atoms with Gasteiger partial charge >= 0.3 is 0 Å². The molecule has 0 amide bonds. The second kappa shape index (κ2) is 3.78. The van der Waals surface area contributed by atoms with Crippen LogP contribution >= 0.6 is 0 Å². The second-order valence-corrected chi connectivity index (χ2v) is 4.16. The standard InChI is InChI=1S/C12H12N4O/c1-16-11(7-14-15-16)12(17)8-2-3-9-5-13-6-10(9)4-8/h2-4,7,13H,5-6H2,1H3. The topological polar surface area (TPSA) is 59.8 Å². The summed E-state index contributed by atoms with van der Waals surface area (Å²) in [5, 5.41) is 10.7. The molecule has 0 aliphatic carbocycles. The minimum absolute atomic E-state index is 0.0350. The highest BCUT2D eigenvalue weighted by molar-refractivity contribution is 6.07. The molecule has 0 spiro atoms. The fraction of sp³-hybridized carbons (Fsp3) is 0.250. The maximum atomic E-state index is 12.2. The molecular weight excluding hydrogens is 216 g/mol. The minimum Gasteiger partial charge on any atom is -0.309 e. The lowest BCUT2D eigenvalue weighted by Crippen LogP contribution is -2.08. The van der Waals surface area contributed by atoms with Crippen molar-refractivity contribution in [3.05, 3.63) is 46.8 Å². The van der Waals surface area contributed by atoms with Crippen molar-refractivity contribution in [2.24, 2.45) is 7.05 Å². The maximum absolute atomic E-state index is 12.2. The summed E-state index contributed by atoms with van der Waals surface area (Å²) < 4.78 is 1.49. The predicted octanol–water partition coefficient (Wildman–Crippen LogP) is 0.649. The fourth-order valence-corrected chi connectivity index (χ4v) is 2.08. The Bertz CT molecular complexity index is 588. The Morgan fingerprint density at radius 3 is 2.94 bits per heavy atom. The van der Waals surface area contributed by atoms with E-state index in [1.54, 1.807) is 7.05 Å². The molecule has 17 heavy (non-hydrogen) atoms. The van der Waals surface area contributed by atoms with E-state index in [2.05, 4.69) is 15.6 Å². The first-order chi connectivity index (χ1) is 8.25. The normalized spacial score (nSPS) is 13.7. The molecule has 5 nitrogen and oxygen atoms in total. The third kappa shape index (κ3) is 1.64. The van der Waals surface area contributed by atoms with Crippen molar-refractivity contribution < 1.29 is 4.79 Å². The van der Waals surface area contributed by atoms with Crippen LogP contribution < -0.4 is 5.32 Å². The number of carbonyl (C=O) groups excluding carboxylic acids is 1. The van der Waals surface area contributed by atoms with E-state index in [-0.39, 0.29) is 5.78 Å². The number of aromatic nitrogens is 3. The Morgan fingerprint density at radius 2 is 2.18 bits per heavy atom. The van der Waals surface area contributed by atoms with E-state index in [0.29, 0.717) is 11.3 Å². The molecule has 0 saturated carbocycles. The van der Waals surface area contributed by atoms with Crippen molar-refractivity contribution >= 4 is 5.78 Å². The summed E-state index contributed by atoms with van der Waals surface area (Å²) in [6.45, 7) is 1.72. The van der Waals surface area contributed by atoms with Crippen LogP contribution in [0.1, 0.15) is 27.2 Å². The van der Waals surface area contributed by atoms with E-state index < -0.39 is 0 Å². The third-order valence-electron chi connectivity index (χ3n) is 3.05. The van der Waals surface area contributed by atoms with Gasteiger partial charge in [-0.15, -0.1) is 5.10 Å². The molecule has 1 aromatic carbocycles. The molecule has 0 saturated heterocycles. The van der Waals surface area contributed by atoms with Gasteiger partial charge in [-0.1, -0.05) is 17.3 Å². The molecule has 2 heterocycles. The van der Waals surface area contributed by atoms with E-state index >= 15 is 0 Å². The lowest BCUT2D eigenvalue weighted by Gasteiger charge is -2.03. The molecule has 0 radical (unpaired) electrons. The van der Waals surface area contributed by atoms with Gasteiger partial charge in [0, 0.05) is 25.7 Å². The number of hydrogen-bond donors (Lipinski definition) is 1. The van der Waals surface area contributed by atoms with Gasteiger partial charge in [-0.2, -0.15) is 0 Å². The van der Waals surface area contributed by atoms with Gasteiger partial charge in [0.05, 0.1) is 6.20 Å². The highest BCUT2D eigenvalue weighted by Crippen LogP contribution is 2.18. The first kappa shape index (κ1) is 10.2. The van der Waals surface area contributed by atoms with Crippen LogP contribution in [-0.4, -0.2) is 20.8 Å². The van der Waals surface area contributed by atoms with Gasteiger partial charge in [0.15, 0.2) is 0 Å². The summed E-state index contributed by atoms with van der Waals surface area (Å²) in [5.41, 5.74) is 3.67. The van der Waals surface area contributed by atoms with Crippen molar-refractivity contribution in [1.29, 1.82) is 0 Å². The van der Waals surface area contributed by atoms with Gasteiger partial charge in [0.1, 0.15) is 5.69 Å². The molecule has 2 aromatic rings. The van der Waals surface area contributed by atoms with E-state index in [1.807, 2.05) is 18.2 Å². The summed E-state index contributed by atoms with van der Waals surface area (Å²) in [6, 6.07) is 5.82. The quantitative estimate of drug-likeness (QED) is 0.767. The van der Waals surface area contributed by atoms with Crippen molar-refractivity contribution in [2.45, 2.75) is 13.1 Å². The average Bonchev–Trinajstić information content (AvgIpc) is 2.95. The average molecular weight is 228 g/mol. The van der Waals surface area contributed by atoms with Crippen molar-refractivity contribution in [3.8, 4) is 0 Å². The Hall–Kier alpha value is -2.01. The first-order valence-electron chi connectivity index (χ1n) is 5.47. The molecule has 86 valence electrons. The number of aryl methyl sites for hydroxylation is 1. The van der Waals surface area contributed by atoms with Crippen LogP contribution in [0.25, 0.3) is 0 Å². The van der Waals surface area contributed by atoms with Crippen molar-refractivity contribution in [2.75, 3.05) is 0 Å². The SMILES string of the molecule is Cn1nncc1C(=O)c1ccc2c(c1)CNC2. The van der Waals surface area contributed by atoms with E-state index in [9.17, 15) is 4.79 Å². The summed E-state index contributed by atoms with van der Waals surface area (Å²) in [5.74, 6) is -0.0350. The van der Waals surface area contributed by atoms with Crippen LogP contribution in [-0.2, 0) is 20.1 Å². The Kier molecular flexibility index (Phi) is 2.26. The maximum Gasteiger partial charge on any atom is 0.212 e. The molecule has 0 atom stereocenters. The monoisotopic (exact) mass is 228 g/mol. The van der Waals surface area contributed by atoms with E-state index in [1.165, 1.54) is 22.0 Å². The number of carbonyl (C=O) groups is 1. The van der Waals surface area contributed by atoms with E-state index in [4.69, 9.17) is 0 Å². The van der Waals surface area contributed by atoms with Crippen LogP contribution in [0.4, 0.5) is 0 Å². The summed E-state index contributed by atoms with van der Waals surface area (Å²) in [6.07, 6.45) is 1.49. The van der Waals surface area contributed by atoms with Crippen LogP contribution in [0.3, 0.4) is 0 Å². The molecule has 5 heteroatoms. The van der Waals surface area contributed by atoms with Crippen molar-refractivity contribution in [1.82, 2.24) is 20.3 Å². The summed E-state index contributed by atoms with van der Waals surface area (Å²) >= 11 is 0. The molecule has 1 aromatic heterocycles. The van der Waals surface area contributed by atoms with E-state index in [0.717, 1.165) is 13.1 Å². The number of fused-ring (bicyclic) bond motifs is 1. The Morgan fingerprint density at radius 1 is 1.35 bits per heavy atom. The minimum atomic E-state index is -0.0350. The molecule has 0 fully saturated rings. The molecule has 0 bridgehead atoms. The number of nitrogens with one attached hydrogen (secondary N) is 1. The lowest BCUT2D eigenvalue weighted by molar-refractivity contribution is 0.103. The smallest absolute Gasteiger partial charge is 0.212 e. The predicted molar refractivity (Wildman–Crippen MR) is 61.4 cm³/mol. The molecule has 1 aliphatic heterocycles. The number of rotatable bonds is 2. The first-order valence-corrected chi connectivity index (χ1v) is 5.47. The molecule has 0 unspecified atom stereocenters. The zero-order valence-electron chi connectivity index (χ0n) is 9.47. The number of nitrogens with zero attached hydrogens (tertiary/aromatic N) is 3. The van der Waals surface area contributed by atoms with Crippen molar-refractivity contribution in [3.63, 3.8) is 0 Å². The van der Waals surface area contributed by atoms with Crippen LogP contribution in [0.2, 0.25) is 0 Å². The van der Waals surface area contributed by atoms with Crippen LogP contribution in [0.15, 0.2) is 24.4 Å². The number of ketones is 1. The summed E-state index contributed by atoms with van der Waals surface area (Å²) in [7, 11) is 1.72. The van der Waals surface area contributed by atoms with Gasteiger partial charge in [0.25, 0.3) is 0 Å².